The molecule has 0 unspecified atom stereocenters. The van der Waals surface area contributed by atoms with E-state index in [2.05, 4.69) is 5.10 Å². The van der Waals surface area contributed by atoms with Gasteiger partial charge in [0.2, 0.25) is 5.91 Å². The molecule has 0 aliphatic carbocycles. The first kappa shape index (κ1) is 13.8. The molecule has 0 bridgehead atoms. The monoisotopic (exact) mass is 285 g/mol. The van der Waals surface area contributed by atoms with Crippen LogP contribution in [-0.4, -0.2) is 33.7 Å². The highest BCUT2D eigenvalue weighted by atomic mass is 16.2. The number of hydrogen-bond donors (Lipinski definition) is 0. The zero-order chi connectivity index (χ0) is 14.7. The van der Waals surface area contributed by atoms with Gasteiger partial charge in [-0.3, -0.25) is 9.59 Å². The zero-order valence-electron chi connectivity index (χ0n) is 12.0. The van der Waals surface area contributed by atoms with Gasteiger partial charge in [-0.25, -0.2) is 4.68 Å². The van der Waals surface area contributed by atoms with Crippen LogP contribution in [0.25, 0.3) is 10.8 Å². The molecule has 2 aromatic rings. The Hall–Kier alpha value is -2.17. The fraction of sp³-hybridized carbons (Fsp3) is 0.438. The minimum atomic E-state index is -0.198. The molecule has 0 spiro atoms. The van der Waals surface area contributed by atoms with Gasteiger partial charge in [0.1, 0.15) is 6.54 Å². The van der Waals surface area contributed by atoms with Crippen LogP contribution in [0, 0.1) is 0 Å². The van der Waals surface area contributed by atoms with E-state index < -0.39 is 0 Å². The van der Waals surface area contributed by atoms with Crippen molar-refractivity contribution < 1.29 is 4.79 Å². The van der Waals surface area contributed by atoms with E-state index in [1.807, 2.05) is 23.1 Å². The number of carbonyl (C=O) groups is 1. The van der Waals surface area contributed by atoms with Crippen molar-refractivity contribution in [2.24, 2.45) is 0 Å². The van der Waals surface area contributed by atoms with Gasteiger partial charge < -0.3 is 4.90 Å². The van der Waals surface area contributed by atoms with Crippen molar-refractivity contribution >= 4 is 16.7 Å². The third kappa shape index (κ3) is 2.96. The molecule has 1 saturated heterocycles. The Morgan fingerprint density at radius 3 is 2.57 bits per heavy atom. The Bertz CT molecular complexity index is 700. The number of carbonyl (C=O) groups excluding carboxylic acids is 1. The zero-order valence-corrected chi connectivity index (χ0v) is 12.0. The summed E-state index contributed by atoms with van der Waals surface area (Å²) < 4.78 is 1.27. The van der Waals surface area contributed by atoms with Gasteiger partial charge in [0.05, 0.1) is 11.6 Å². The van der Waals surface area contributed by atoms with Gasteiger partial charge in [-0.1, -0.05) is 31.0 Å². The highest BCUT2D eigenvalue weighted by molar-refractivity contribution is 5.81. The molecule has 0 atom stereocenters. The Kier molecular flexibility index (Phi) is 3.99. The Morgan fingerprint density at radius 1 is 1.10 bits per heavy atom. The molecule has 0 saturated carbocycles. The summed E-state index contributed by atoms with van der Waals surface area (Å²) in [4.78, 5) is 26.5. The normalized spacial score (nSPS) is 15.9. The van der Waals surface area contributed by atoms with Gasteiger partial charge in [0, 0.05) is 18.5 Å². The average Bonchev–Trinajstić information content (AvgIpc) is 2.79. The molecule has 0 radical (unpaired) electrons. The predicted octanol–water partition coefficient (Wildman–Crippen LogP) is 1.80. The van der Waals surface area contributed by atoms with Crippen LogP contribution in [0.2, 0.25) is 0 Å². The molecule has 1 aromatic heterocycles. The second kappa shape index (κ2) is 6.08. The van der Waals surface area contributed by atoms with Crippen LogP contribution >= 0.6 is 0 Å². The van der Waals surface area contributed by atoms with Gasteiger partial charge in [-0.2, -0.15) is 5.10 Å². The van der Waals surface area contributed by atoms with Gasteiger partial charge in [-0.05, 0) is 18.9 Å². The highest BCUT2D eigenvalue weighted by Gasteiger charge is 2.17. The molecule has 5 nitrogen and oxygen atoms in total. The smallest absolute Gasteiger partial charge is 0.275 e. The molecule has 0 N–H and O–H groups in total. The lowest BCUT2D eigenvalue weighted by molar-refractivity contribution is -0.132. The summed E-state index contributed by atoms with van der Waals surface area (Å²) in [5.74, 6) is -0.0122. The van der Waals surface area contributed by atoms with E-state index in [-0.39, 0.29) is 18.0 Å². The lowest BCUT2D eigenvalue weighted by Gasteiger charge is -2.20. The summed E-state index contributed by atoms with van der Waals surface area (Å²) in [6.45, 7) is 1.62. The van der Waals surface area contributed by atoms with Gasteiger partial charge in [0.25, 0.3) is 5.56 Å². The van der Waals surface area contributed by atoms with Crippen molar-refractivity contribution in [3.63, 3.8) is 0 Å². The van der Waals surface area contributed by atoms with Crippen LogP contribution in [0.4, 0.5) is 0 Å². The van der Waals surface area contributed by atoms with Gasteiger partial charge in [-0.15, -0.1) is 0 Å². The molecule has 1 aromatic carbocycles. The number of aromatic nitrogens is 2. The number of fused-ring (bicyclic) bond motifs is 1. The van der Waals surface area contributed by atoms with Crippen molar-refractivity contribution in [3.8, 4) is 0 Å². The number of amides is 1. The summed E-state index contributed by atoms with van der Waals surface area (Å²) in [7, 11) is 0. The fourth-order valence-corrected chi connectivity index (χ4v) is 2.79. The Balaban J connectivity index is 1.82. The van der Waals surface area contributed by atoms with Crippen LogP contribution in [0.3, 0.4) is 0 Å². The van der Waals surface area contributed by atoms with Crippen LogP contribution in [0.5, 0.6) is 0 Å². The van der Waals surface area contributed by atoms with Gasteiger partial charge >= 0.3 is 0 Å². The largest absolute Gasteiger partial charge is 0.341 e. The maximum absolute atomic E-state index is 12.3. The lowest BCUT2D eigenvalue weighted by atomic mass is 10.2. The summed E-state index contributed by atoms with van der Waals surface area (Å²) in [5.41, 5.74) is -0.198. The molecular weight excluding hydrogens is 266 g/mol. The van der Waals surface area contributed by atoms with E-state index >= 15 is 0 Å². The topological polar surface area (TPSA) is 55.2 Å². The van der Waals surface area contributed by atoms with Crippen LogP contribution in [0.15, 0.2) is 35.3 Å². The average molecular weight is 285 g/mol. The highest BCUT2D eigenvalue weighted by Crippen LogP contribution is 2.10. The minimum Gasteiger partial charge on any atom is -0.341 e. The summed E-state index contributed by atoms with van der Waals surface area (Å²) in [6, 6.07) is 7.32. The molecule has 1 aliphatic rings. The van der Waals surface area contributed by atoms with E-state index in [1.165, 1.54) is 17.5 Å². The van der Waals surface area contributed by atoms with Crippen molar-refractivity contribution in [2.45, 2.75) is 32.2 Å². The standard InChI is InChI=1S/C16H19N3O2/c20-15(18-9-5-1-2-6-10-18)12-19-16(21)14-8-4-3-7-13(14)11-17-19/h3-4,7-8,11H,1-2,5-6,9-10,12H2. The number of nitrogens with zero attached hydrogens (tertiary/aromatic N) is 3. The molecule has 5 heteroatoms. The predicted molar refractivity (Wildman–Crippen MR) is 81.1 cm³/mol. The third-order valence-corrected chi connectivity index (χ3v) is 4.01. The Morgan fingerprint density at radius 2 is 1.81 bits per heavy atom. The van der Waals surface area contributed by atoms with Crippen molar-refractivity contribution in [1.82, 2.24) is 14.7 Å². The first-order valence-corrected chi connectivity index (χ1v) is 7.48. The Labute approximate surface area is 123 Å². The van der Waals surface area contributed by atoms with Gasteiger partial charge in [0.15, 0.2) is 0 Å². The SMILES string of the molecule is O=C(Cn1ncc2ccccc2c1=O)N1CCCCCC1. The molecule has 2 heterocycles. The summed E-state index contributed by atoms with van der Waals surface area (Å²) in [6.07, 6.45) is 6.10. The molecule has 1 aliphatic heterocycles. The summed E-state index contributed by atoms with van der Waals surface area (Å²) >= 11 is 0. The quantitative estimate of drug-likeness (QED) is 0.845. The maximum atomic E-state index is 12.3. The lowest BCUT2D eigenvalue weighted by Crippen LogP contribution is -2.37. The number of hydrogen-bond acceptors (Lipinski definition) is 3. The molecular formula is C16H19N3O2. The van der Waals surface area contributed by atoms with Crippen molar-refractivity contribution in [1.29, 1.82) is 0 Å². The van der Waals surface area contributed by atoms with Crippen LogP contribution < -0.4 is 5.56 Å². The molecule has 1 fully saturated rings. The molecule has 21 heavy (non-hydrogen) atoms. The van der Waals surface area contributed by atoms with E-state index in [1.54, 1.807) is 12.3 Å². The van der Waals surface area contributed by atoms with E-state index in [0.717, 1.165) is 31.3 Å². The van der Waals surface area contributed by atoms with E-state index in [0.29, 0.717) is 5.39 Å². The van der Waals surface area contributed by atoms with Crippen molar-refractivity contribution in [3.05, 3.63) is 40.8 Å². The summed E-state index contributed by atoms with van der Waals surface area (Å²) in [5, 5.41) is 5.54. The number of likely N-dealkylation sites (tertiary alicyclic amines) is 1. The molecule has 1 amide bonds. The second-order valence-corrected chi connectivity index (χ2v) is 5.49. The molecule has 3 rings (SSSR count). The minimum absolute atomic E-state index is 0.0122. The second-order valence-electron chi connectivity index (χ2n) is 5.49. The fourth-order valence-electron chi connectivity index (χ4n) is 2.79. The first-order valence-electron chi connectivity index (χ1n) is 7.48. The van der Waals surface area contributed by atoms with E-state index in [4.69, 9.17) is 0 Å². The number of benzene rings is 1. The third-order valence-electron chi connectivity index (χ3n) is 4.01. The number of rotatable bonds is 2. The maximum Gasteiger partial charge on any atom is 0.275 e. The first-order chi connectivity index (χ1) is 10.3. The molecule has 110 valence electrons. The van der Waals surface area contributed by atoms with Crippen molar-refractivity contribution in [2.75, 3.05) is 13.1 Å². The van der Waals surface area contributed by atoms with Crippen LogP contribution in [0.1, 0.15) is 25.7 Å². The van der Waals surface area contributed by atoms with E-state index in [9.17, 15) is 9.59 Å². The van der Waals surface area contributed by atoms with Crippen LogP contribution in [-0.2, 0) is 11.3 Å².